The molecule has 0 saturated carbocycles. The summed E-state index contributed by atoms with van der Waals surface area (Å²) in [6, 6.07) is 28.9. The number of hydrogen-bond donors (Lipinski definition) is 1. The maximum absolute atomic E-state index is 13.6. The highest BCUT2D eigenvalue weighted by atomic mass is 16.2. The zero-order valence-electron chi connectivity index (χ0n) is 18.5. The normalized spacial score (nSPS) is 14.9. The summed E-state index contributed by atoms with van der Waals surface area (Å²) in [6.07, 6.45) is 2.09. The number of aryl methyl sites for hydroxylation is 2. The van der Waals surface area contributed by atoms with Crippen LogP contribution in [-0.4, -0.2) is 15.5 Å². The fourth-order valence-corrected chi connectivity index (χ4v) is 4.55. The molecule has 0 radical (unpaired) electrons. The molecule has 1 atom stereocenters. The minimum absolute atomic E-state index is 0.0664. The van der Waals surface area contributed by atoms with E-state index < -0.39 is 0 Å². The van der Waals surface area contributed by atoms with Crippen molar-refractivity contribution in [3.63, 3.8) is 0 Å². The van der Waals surface area contributed by atoms with Crippen molar-refractivity contribution in [1.29, 1.82) is 0 Å². The van der Waals surface area contributed by atoms with Crippen LogP contribution in [0.2, 0.25) is 0 Å². The van der Waals surface area contributed by atoms with E-state index >= 15 is 0 Å². The van der Waals surface area contributed by atoms with Crippen molar-refractivity contribution >= 4 is 6.03 Å². The Balaban J connectivity index is 1.56. The highest BCUT2D eigenvalue weighted by Crippen LogP contribution is 2.37. The number of rotatable bonds is 3. The molecule has 0 unspecified atom stereocenters. The molecular formula is C28H27N3O. The standard InChI is InChI=1S/C28H27N3O/c1-20-13-15-22(16-14-20)18-29-28(32)31-19-23-9-4-6-11-25(23)30-17-7-12-26(30)27(31)24-10-5-3-8-21(24)2/h3-17,27H,18-19H2,1-2H3,(H,29,32)/t27-/m0/s1. The third-order valence-corrected chi connectivity index (χ3v) is 6.27. The first-order valence-corrected chi connectivity index (χ1v) is 11.0. The van der Waals surface area contributed by atoms with Gasteiger partial charge in [0.2, 0.25) is 0 Å². The van der Waals surface area contributed by atoms with Crippen LogP contribution < -0.4 is 5.32 Å². The van der Waals surface area contributed by atoms with Crippen molar-refractivity contribution in [2.45, 2.75) is 33.0 Å². The Hall–Kier alpha value is -3.79. The maximum atomic E-state index is 13.6. The number of nitrogens with zero attached hydrogens (tertiary/aromatic N) is 2. The first-order chi connectivity index (χ1) is 15.6. The molecule has 32 heavy (non-hydrogen) atoms. The van der Waals surface area contributed by atoms with Crippen LogP contribution >= 0.6 is 0 Å². The summed E-state index contributed by atoms with van der Waals surface area (Å²) in [4.78, 5) is 15.6. The number of carbonyl (C=O) groups excluding carboxylic acids is 1. The molecule has 0 fully saturated rings. The van der Waals surface area contributed by atoms with E-state index in [0.717, 1.165) is 28.1 Å². The van der Waals surface area contributed by atoms with Gasteiger partial charge in [0.15, 0.2) is 0 Å². The largest absolute Gasteiger partial charge is 0.334 e. The zero-order chi connectivity index (χ0) is 22.1. The van der Waals surface area contributed by atoms with Gasteiger partial charge in [0.1, 0.15) is 6.04 Å². The molecule has 5 rings (SSSR count). The molecule has 4 nitrogen and oxygen atoms in total. The number of hydrogen-bond acceptors (Lipinski definition) is 1. The van der Waals surface area contributed by atoms with Gasteiger partial charge in [-0.15, -0.1) is 0 Å². The third-order valence-electron chi connectivity index (χ3n) is 6.27. The molecular weight excluding hydrogens is 394 g/mol. The molecule has 2 amide bonds. The van der Waals surface area contributed by atoms with Crippen molar-refractivity contribution < 1.29 is 4.79 Å². The molecule has 0 spiro atoms. The summed E-state index contributed by atoms with van der Waals surface area (Å²) in [6.45, 7) is 5.22. The van der Waals surface area contributed by atoms with Crippen LogP contribution in [-0.2, 0) is 13.1 Å². The van der Waals surface area contributed by atoms with E-state index in [-0.39, 0.29) is 12.1 Å². The van der Waals surface area contributed by atoms with E-state index in [0.29, 0.717) is 13.1 Å². The first kappa shape index (κ1) is 20.1. The van der Waals surface area contributed by atoms with E-state index in [1.54, 1.807) is 0 Å². The fourth-order valence-electron chi connectivity index (χ4n) is 4.55. The van der Waals surface area contributed by atoms with Crippen molar-refractivity contribution in [3.05, 3.63) is 125 Å². The molecule has 0 aliphatic carbocycles. The monoisotopic (exact) mass is 421 g/mol. The van der Waals surface area contributed by atoms with Gasteiger partial charge in [-0.3, -0.25) is 0 Å². The zero-order valence-corrected chi connectivity index (χ0v) is 18.5. The van der Waals surface area contributed by atoms with Crippen molar-refractivity contribution in [3.8, 4) is 5.69 Å². The quantitative estimate of drug-likeness (QED) is 0.439. The van der Waals surface area contributed by atoms with E-state index in [9.17, 15) is 4.79 Å². The number of aromatic nitrogens is 1. The van der Waals surface area contributed by atoms with Gasteiger partial charge in [-0.1, -0.05) is 72.3 Å². The van der Waals surface area contributed by atoms with Gasteiger partial charge in [0.25, 0.3) is 0 Å². The second kappa shape index (κ2) is 8.39. The van der Waals surface area contributed by atoms with Gasteiger partial charge >= 0.3 is 6.03 Å². The second-order valence-electron chi connectivity index (χ2n) is 8.46. The number of amides is 2. The van der Waals surface area contributed by atoms with Crippen molar-refractivity contribution in [2.75, 3.05) is 0 Å². The van der Waals surface area contributed by atoms with E-state index in [4.69, 9.17) is 0 Å². The van der Waals surface area contributed by atoms with Crippen LogP contribution in [0.1, 0.15) is 39.6 Å². The summed E-state index contributed by atoms with van der Waals surface area (Å²) in [5.74, 6) is 0. The molecule has 2 heterocycles. The van der Waals surface area contributed by atoms with Crippen LogP contribution in [0.25, 0.3) is 5.69 Å². The molecule has 1 N–H and O–H groups in total. The Bertz CT molecular complexity index is 1260. The van der Waals surface area contributed by atoms with E-state index in [1.807, 2.05) is 17.0 Å². The third kappa shape index (κ3) is 3.69. The van der Waals surface area contributed by atoms with Crippen LogP contribution in [0.4, 0.5) is 4.79 Å². The van der Waals surface area contributed by atoms with E-state index in [1.165, 1.54) is 11.1 Å². The second-order valence-corrected chi connectivity index (χ2v) is 8.46. The number of para-hydroxylation sites is 1. The van der Waals surface area contributed by atoms with Crippen LogP contribution in [0.5, 0.6) is 0 Å². The van der Waals surface area contributed by atoms with Crippen LogP contribution in [0, 0.1) is 13.8 Å². The summed E-state index contributed by atoms with van der Waals surface area (Å²) in [5, 5.41) is 3.17. The predicted molar refractivity (Wildman–Crippen MR) is 128 cm³/mol. The molecule has 1 aliphatic rings. The predicted octanol–water partition coefficient (Wildman–Crippen LogP) is 5.91. The molecule has 1 aromatic heterocycles. The Morgan fingerprint density at radius 2 is 1.66 bits per heavy atom. The Labute approximate surface area is 189 Å². The Morgan fingerprint density at radius 1 is 0.906 bits per heavy atom. The van der Waals surface area contributed by atoms with Gasteiger partial charge < -0.3 is 14.8 Å². The lowest BCUT2D eigenvalue weighted by Gasteiger charge is -2.32. The number of fused-ring (bicyclic) bond motifs is 3. The number of benzene rings is 3. The molecule has 1 aliphatic heterocycles. The highest BCUT2D eigenvalue weighted by molar-refractivity contribution is 5.76. The van der Waals surface area contributed by atoms with Gasteiger partial charge in [-0.05, 0) is 54.3 Å². The number of nitrogens with one attached hydrogen (secondary N) is 1. The highest BCUT2D eigenvalue weighted by Gasteiger charge is 2.33. The molecule has 0 bridgehead atoms. The molecule has 3 aromatic carbocycles. The van der Waals surface area contributed by atoms with Gasteiger partial charge in [0, 0.05) is 18.4 Å². The topological polar surface area (TPSA) is 37.3 Å². The minimum Gasteiger partial charge on any atom is -0.334 e. The lowest BCUT2D eigenvalue weighted by molar-refractivity contribution is 0.180. The van der Waals surface area contributed by atoms with Gasteiger partial charge in [-0.25, -0.2) is 4.79 Å². The van der Waals surface area contributed by atoms with Gasteiger partial charge in [-0.2, -0.15) is 0 Å². The number of urea groups is 1. The SMILES string of the molecule is Cc1ccc(CNC(=O)N2Cc3ccccc3-n3cccc3[C@@H]2c2ccccc2C)cc1. The van der Waals surface area contributed by atoms with Crippen LogP contribution in [0.3, 0.4) is 0 Å². The number of carbonyl (C=O) groups is 1. The lowest BCUT2D eigenvalue weighted by atomic mass is 9.97. The van der Waals surface area contributed by atoms with Crippen molar-refractivity contribution in [1.82, 2.24) is 14.8 Å². The average Bonchev–Trinajstić information content (AvgIpc) is 3.24. The Kier molecular flexibility index (Phi) is 5.28. The summed E-state index contributed by atoms with van der Waals surface area (Å²) < 4.78 is 2.22. The maximum Gasteiger partial charge on any atom is 0.318 e. The summed E-state index contributed by atoms with van der Waals surface area (Å²) >= 11 is 0. The molecule has 4 aromatic rings. The molecule has 4 heteroatoms. The minimum atomic E-state index is -0.184. The summed E-state index contributed by atoms with van der Waals surface area (Å²) in [7, 11) is 0. The van der Waals surface area contributed by atoms with Gasteiger partial charge in [0.05, 0.1) is 12.2 Å². The van der Waals surface area contributed by atoms with E-state index in [2.05, 4.69) is 103 Å². The average molecular weight is 422 g/mol. The Morgan fingerprint density at radius 3 is 2.47 bits per heavy atom. The molecule has 0 saturated heterocycles. The smallest absolute Gasteiger partial charge is 0.318 e. The summed E-state index contributed by atoms with van der Waals surface area (Å²) in [5.41, 5.74) is 7.97. The first-order valence-electron chi connectivity index (χ1n) is 11.0. The lowest BCUT2D eigenvalue weighted by Crippen LogP contribution is -2.41. The van der Waals surface area contributed by atoms with Crippen molar-refractivity contribution in [2.24, 2.45) is 0 Å². The fraction of sp³-hybridized carbons (Fsp3) is 0.179. The van der Waals surface area contributed by atoms with Crippen LogP contribution in [0.15, 0.2) is 91.1 Å². The molecule has 160 valence electrons.